The highest BCUT2D eigenvalue weighted by molar-refractivity contribution is 7.89. The molecule has 0 spiro atoms. The number of sulfonamides is 1. The van der Waals surface area contributed by atoms with Crippen molar-refractivity contribution in [2.24, 2.45) is 7.05 Å². The van der Waals surface area contributed by atoms with Crippen LogP contribution in [-0.2, 0) is 21.9 Å². The Hall–Kier alpha value is -1.45. The summed E-state index contributed by atoms with van der Waals surface area (Å²) in [5.74, 6) is -0.929. The molecule has 1 atom stereocenters. The van der Waals surface area contributed by atoms with Crippen LogP contribution in [0.15, 0.2) is 17.3 Å². The average molecular weight is 304 g/mol. The third-order valence-corrected chi connectivity index (χ3v) is 4.09. The Morgan fingerprint density at radius 3 is 2.70 bits per heavy atom. The molecule has 9 heteroatoms. The second kappa shape index (κ2) is 7.36. The lowest BCUT2D eigenvalue weighted by molar-refractivity contribution is -0.139. The molecule has 0 radical (unpaired) electrons. The van der Waals surface area contributed by atoms with Crippen LogP contribution in [0.25, 0.3) is 0 Å². The first kappa shape index (κ1) is 16.6. The molecule has 1 rings (SSSR count). The van der Waals surface area contributed by atoms with Crippen molar-refractivity contribution in [2.45, 2.75) is 30.7 Å². The molecule has 1 aromatic heterocycles. The first-order valence-corrected chi connectivity index (χ1v) is 7.79. The van der Waals surface area contributed by atoms with Gasteiger partial charge in [-0.25, -0.2) is 13.1 Å². The van der Waals surface area contributed by atoms with Crippen molar-refractivity contribution < 1.29 is 18.3 Å². The lowest BCUT2D eigenvalue weighted by atomic mass is 10.2. The fraction of sp³-hybridized carbons (Fsp3) is 0.636. The minimum absolute atomic E-state index is 0.0864. The predicted octanol–water partition coefficient (Wildman–Crippen LogP) is -0.459. The fourth-order valence-electron chi connectivity index (χ4n) is 1.65. The number of carbonyl (C=O) groups is 1. The van der Waals surface area contributed by atoms with Crippen LogP contribution in [0.4, 0.5) is 0 Å². The SMILES string of the molecule is CCCC(NCCNS(=O)(=O)c1cnn(C)c1)C(=O)O. The predicted molar refractivity (Wildman–Crippen MR) is 72.7 cm³/mol. The van der Waals surface area contributed by atoms with Gasteiger partial charge in [0.1, 0.15) is 10.9 Å². The molecule has 20 heavy (non-hydrogen) atoms. The van der Waals surface area contributed by atoms with Crippen LogP contribution in [0, 0.1) is 0 Å². The van der Waals surface area contributed by atoms with Crippen LogP contribution in [0.1, 0.15) is 19.8 Å². The maximum atomic E-state index is 11.8. The van der Waals surface area contributed by atoms with Crippen LogP contribution < -0.4 is 10.0 Å². The summed E-state index contributed by atoms with van der Waals surface area (Å²) in [6.45, 7) is 2.25. The lowest BCUT2D eigenvalue weighted by Crippen LogP contribution is -2.41. The van der Waals surface area contributed by atoms with E-state index < -0.39 is 22.0 Å². The van der Waals surface area contributed by atoms with Crippen LogP contribution in [0.3, 0.4) is 0 Å². The summed E-state index contributed by atoms with van der Waals surface area (Å²) in [5, 5.41) is 15.5. The average Bonchev–Trinajstić information content (AvgIpc) is 2.80. The highest BCUT2D eigenvalue weighted by Gasteiger charge is 2.17. The lowest BCUT2D eigenvalue weighted by Gasteiger charge is -2.13. The molecule has 0 amide bonds. The maximum absolute atomic E-state index is 11.8. The van der Waals surface area contributed by atoms with Gasteiger partial charge in [0.15, 0.2) is 0 Å². The smallest absolute Gasteiger partial charge is 0.320 e. The Morgan fingerprint density at radius 2 is 2.20 bits per heavy atom. The van der Waals surface area contributed by atoms with Crippen LogP contribution in [0.2, 0.25) is 0 Å². The molecule has 1 heterocycles. The zero-order chi connectivity index (χ0) is 15.2. The molecule has 0 saturated carbocycles. The van der Waals surface area contributed by atoms with E-state index in [-0.39, 0.29) is 18.0 Å². The van der Waals surface area contributed by atoms with Gasteiger partial charge < -0.3 is 10.4 Å². The van der Waals surface area contributed by atoms with Gasteiger partial charge in [-0.2, -0.15) is 5.10 Å². The number of aryl methyl sites for hydroxylation is 1. The van der Waals surface area contributed by atoms with E-state index in [2.05, 4.69) is 15.1 Å². The van der Waals surface area contributed by atoms with Crippen molar-refractivity contribution in [3.05, 3.63) is 12.4 Å². The summed E-state index contributed by atoms with van der Waals surface area (Å²) in [5.41, 5.74) is 0. The largest absolute Gasteiger partial charge is 0.480 e. The van der Waals surface area contributed by atoms with E-state index in [0.717, 1.165) is 6.42 Å². The van der Waals surface area contributed by atoms with E-state index in [4.69, 9.17) is 5.11 Å². The summed E-state index contributed by atoms with van der Waals surface area (Å²) in [6, 6.07) is -0.650. The van der Waals surface area contributed by atoms with E-state index in [1.807, 2.05) is 6.92 Å². The Labute approximate surface area is 118 Å². The van der Waals surface area contributed by atoms with Gasteiger partial charge in [-0.15, -0.1) is 0 Å². The number of rotatable bonds is 9. The van der Waals surface area contributed by atoms with E-state index in [9.17, 15) is 13.2 Å². The van der Waals surface area contributed by atoms with Crippen molar-refractivity contribution in [3.8, 4) is 0 Å². The number of nitrogens with zero attached hydrogens (tertiary/aromatic N) is 2. The third kappa shape index (κ3) is 4.91. The van der Waals surface area contributed by atoms with Gasteiger partial charge >= 0.3 is 5.97 Å². The molecule has 8 nitrogen and oxygen atoms in total. The van der Waals surface area contributed by atoms with Crippen molar-refractivity contribution in [1.29, 1.82) is 0 Å². The highest BCUT2D eigenvalue weighted by Crippen LogP contribution is 2.05. The standard InChI is InChI=1S/C11H20N4O4S/c1-3-4-10(11(16)17)12-5-6-14-20(18,19)9-7-13-15(2)8-9/h7-8,10,12,14H,3-6H2,1-2H3,(H,16,17). The molecule has 0 aromatic carbocycles. The number of carboxylic acids is 1. The first-order chi connectivity index (χ1) is 9.36. The normalized spacial score (nSPS) is 13.3. The van der Waals surface area contributed by atoms with Gasteiger partial charge in [-0.1, -0.05) is 13.3 Å². The summed E-state index contributed by atoms with van der Waals surface area (Å²) in [4.78, 5) is 11.0. The van der Waals surface area contributed by atoms with Crippen molar-refractivity contribution in [2.75, 3.05) is 13.1 Å². The minimum Gasteiger partial charge on any atom is -0.480 e. The number of carboxylic acid groups (broad SMARTS) is 1. The molecule has 0 fully saturated rings. The molecule has 0 aliphatic rings. The molecule has 114 valence electrons. The first-order valence-electron chi connectivity index (χ1n) is 6.31. The molecule has 1 aromatic rings. The monoisotopic (exact) mass is 304 g/mol. The van der Waals surface area contributed by atoms with E-state index >= 15 is 0 Å². The molecule has 0 aliphatic carbocycles. The number of aromatic nitrogens is 2. The Balaban J connectivity index is 2.42. The summed E-state index contributed by atoms with van der Waals surface area (Å²) in [7, 11) is -1.96. The van der Waals surface area contributed by atoms with Crippen LogP contribution in [0.5, 0.6) is 0 Å². The Morgan fingerprint density at radius 1 is 1.50 bits per heavy atom. The molecule has 3 N–H and O–H groups in total. The van der Waals surface area contributed by atoms with E-state index in [1.165, 1.54) is 17.1 Å². The quantitative estimate of drug-likeness (QED) is 0.532. The van der Waals surface area contributed by atoms with Gasteiger partial charge in [-0.05, 0) is 6.42 Å². The molecular weight excluding hydrogens is 284 g/mol. The molecule has 1 unspecified atom stereocenters. The van der Waals surface area contributed by atoms with Gasteiger partial charge in [0.2, 0.25) is 10.0 Å². The number of nitrogens with one attached hydrogen (secondary N) is 2. The number of hydrogen-bond acceptors (Lipinski definition) is 5. The zero-order valence-electron chi connectivity index (χ0n) is 11.5. The van der Waals surface area contributed by atoms with Crippen molar-refractivity contribution >= 4 is 16.0 Å². The summed E-state index contributed by atoms with van der Waals surface area (Å²) >= 11 is 0. The molecular formula is C11H20N4O4S. The molecule has 0 aliphatic heterocycles. The summed E-state index contributed by atoms with van der Waals surface area (Å²) < 4.78 is 27.5. The topological polar surface area (TPSA) is 113 Å². The molecule has 0 saturated heterocycles. The van der Waals surface area contributed by atoms with E-state index in [0.29, 0.717) is 6.42 Å². The maximum Gasteiger partial charge on any atom is 0.320 e. The number of aliphatic carboxylic acids is 1. The second-order valence-corrected chi connectivity index (χ2v) is 6.15. The van der Waals surface area contributed by atoms with Crippen molar-refractivity contribution in [3.63, 3.8) is 0 Å². The number of hydrogen-bond donors (Lipinski definition) is 3. The van der Waals surface area contributed by atoms with Gasteiger partial charge in [-0.3, -0.25) is 9.48 Å². The Bertz CT molecular complexity index is 540. The van der Waals surface area contributed by atoms with E-state index in [1.54, 1.807) is 7.05 Å². The van der Waals surface area contributed by atoms with Gasteiger partial charge in [0.25, 0.3) is 0 Å². The summed E-state index contributed by atoms with van der Waals surface area (Å²) in [6.07, 6.45) is 3.90. The van der Waals surface area contributed by atoms with Gasteiger partial charge in [0, 0.05) is 26.3 Å². The van der Waals surface area contributed by atoms with Crippen molar-refractivity contribution in [1.82, 2.24) is 19.8 Å². The van der Waals surface area contributed by atoms with Crippen LogP contribution >= 0.6 is 0 Å². The zero-order valence-corrected chi connectivity index (χ0v) is 12.4. The van der Waals surface area contributed by atoms with Crippen LogP contribution in [-0.4, -0.2) is 48.4 Å². The van der Waals surface area contributed by atoms with Gasteiger partial charge in [0.05, 0.1) is 6.20 Å². The second-order valence-electron chi connectivity index (χ2n) is 4.38. The Kier molecular flexibility index (Phi) is 6.11. The third-order valence-electron chi connectivity index (χ3n) is 2.67. The molecule has 0 bridgehead atoms. The fourth-order valence-corrected chi connectivity index (χ4v) is 2.67. The highest BCUT2D eigenvalue weighted by atomic mass is 32.2. The minimum atomic E-state index is -3.59.